The van der Waals surface area contributed by atoms with Crippen molar-refractivity contribution in [3.63, 3.8) is 0 Å². The number of thioether (sulfide) groups is 1. The van der Waals surface area contributed by atoms with Crippen LogP contribution in [0.3, 0.4) is 0 Å². The molecule has 9 heteroatoms. The van der Waals surface area contributed by atoms with E-state index in [0.29, 0.717) is 5.56 Å². The summed E-state index contributed by atoms with van der Waals surface area (Å²) < 4.78 is 5.21. The van der Waals surface area contributed by atoms with Gasteiger partial charge in [-0.15, -0.1) is 11.8 Å². The summed E-state index contributed by atoms with van der Waals surface area (Å²) in [7, 11) is 0. The third-order valence-electron chi connectivity index (χ3n) is 4.45. The van der Waals surface area contributed by atoms with E-state index in [1.807, 2.05) is 20.8 Å². The third-order valence-corrected chi connectivity index (χ3v) is 5.83. The van der Waals surface area contributed by atoms with Crippen LogP contribution >= 0.6 is 11.8 Å². The maximum absolute atomic E-state index is 13.0. The second-order valence-corrected chi connectivity index (χ2v) is 11.2. The van der Waals surface area contributed by atoms with E-state index in [1.54, 1.807) is 20.8 Å². The molecule has 2 rings (SSSR count). The summed E-state index contributed by atoms with van der Waals surface area (Å²) in [6, 6.07) is 4.29. The van der Waals surface area contributed by atoms with Gasteiger partial charge >= 0.3 is 5.97 Å². The molecule has 0 aliphatic carbocycles. The highest BCUT2D eigenvalue weighted by atomic mass is 32.2. The van der Waals surface area contributed by atoms with E-state index in [-0.39, 0.29) is 40.5 Å². The second-order valence-electron chi connectivity index (χ2n) is 9.24. The number of carbonyl (C=O) groups excluding carboxylic acids is 3. The number of hydrogen-bond donors (Lipinski definition) is 0. The first-order valence-corrected chi connectivity index (χ1v) is 10.5. The highest BCUT2D eigenvalue weighted by molar-refractivity contribution is 8.01. The van der Waals surface area contributed by atoms with Crippen LogP contribution in [0.2, 0.25) is 0 Å². The highest BCUT2D eigenvalue weighted by Crippen LogP contribution is 2.40. The summed E-state index contributed by atoms with van der Waals surface area (Å²) in [6.07, 6.45) is 0.269. The van der Waals surface area contributed by atoms with Gasteiger partial charge in [0.2, 0.25) is 5.91 Å². The van der Waals surface area contributed by atoms with E-state index < -0.39 is 22.3 Å². The number of rotatable bonds is 7. The summed E-state index contributed by atoms with van der Waals surface area (Å²) in [4.78, 5) is 49.9. The first-order chi connectivity index (χ1) is 13.7. The standard InChI is InChI=1S/C21H28N2O6S/c1-20(2,3)18(25)17(22-15(24)11-16(22)30-21(4,5)6)19(26)29-12-13-7-9-14(10-8-13)23(27)28/h7-10,16-17H,11-12H2,1-6H3. The Balaban J connectivity index is 2.20. The predicted octanol–water partition coefficient (Wildman–Crippen LogP) is 3.71. The van der Waals surface area contributed by atoms with E-state index in [2.05, 4.69) is 0 Å². The van der Waals surface area contributed by atoms with E-state index in [9.17, 15) is 24.5 Å². The molecular weight excluding hydrogens is 408 g/mol. The van der Waals surface area contributed by atoms with Crippen LogP contribution in [0.1, 0.15) is 53.5 Å². The van der Waals surface area contributed by atoms with Gasteiger partial charge in [-0.25, -0.2) is 4.79 Å². The molecule has 0 bridgehead atoms. The summed E-state index contributed by atoms with van der Waals surface area (Å²) in [5.74, 6) is -1.43. The van der Waals surface area contributed by atoms with Crippen LogP contribution in [0, 0.1) is 15.5 Å². The van der Waals surface area contributed by atoms with Gasteiger partial charge in [0.15, 0.2) is 11.8 Å². The smallest absolute Gasteiger partial charge is 0.337 e. The molecule has 1 aliphatic heterocycles. The molecule has 2 unspecified atom stereocenters. The van der Waals surface area contributed by atoms with E-state index in [4.69, 9.17) is 4.74 Å². The molecule has 1 aromatic carbocycles. The van der Waals surface area contributed by atoms with Gasteiger partial charge in [0, 0.05) is 22.3 Å². The fourth-order valence-corrected chi connectivity index (χ4v) is 4.32. The number of Topliss-reactive ketones (excluding diaryl/α,β-unsaturated/α-hetero) is 1. The number of β-lactam (4-membered cyclic amide) rings is 1. The number of nitrogens with zero attached hydrogens (tertiary/aromatic N) is 2. The Bertz CT molecular complexity index is 839. The molecule has 0 spiro atoms. The molecule has 0 N–H and O–H groups in total. The average molecular weight is 437 g/mol. The van der Waals surface area contributed by atoms with Crippen LogP contribution in [0.5, 0.6) is 0 Å². The molecule has 0 saturated carbocycles. The predicted molar refractivity (Wildman–Crippen MR) is 114 cm³/mol. The largest absolute Gasteiger partial charge is 0.459 e. The molecule has 2 atom stereocenters. The minimum absolute atomic E-state index is 0.0703. The SMILES string of the molecule is CC(C)(C)SC1CC(=O)N1C(C(=O)OCc1ccc([N+](=O)[O-])cc1)C(=O)C(C)(C)C. The molecule has 0 aromatic heterocycles. The highest BCUT2D eigenvalue weighted by Gasteiger charge is 2.51. The van der Waals surface area contributed by atoms with E-state index >= 15 is 0 Å². The Kier molecular flexibility index (Phi) is 6.96. The number of hydrogen-bond acceptors (Lipinski definition) is 7. The third kappa shape index (κ3) is 5.81. The lowest BCUT2D eigenvalue weighted by Gasteiger charge is -2.46. The zero-order valence-electron chi connectivity index (χ0n) is 18.1. The molecule has 8 nitrogen and oxygen atoms in total. The summed E-state index contributed by atoms with van der Waals surface area (Å²) in [5.41, 5.74) is -0.366. The Labute approximate surface area is 180 Å². The van der Waals surface area contributed by atoms with Gasteiger partial charge in [0.1, 0.15) is 6.61 Å². The molecular formula is C21H28N2O6S. The molecule has 1 saturated heterocycles. The number of ether oxygens (including phenoxy) is 1. The Morgan fingerprint density at radius 2 is 1.77 bits per heavy atom. The van der Waals surface area contributed by atoms with Crippen LogP contribution in [0.4, 0.5) is 5.69 Å². The number of benzene rings is 1. The topological polar surface area (TPSA) is 107 Å². The molecule has 0 radical (unpaired) electrons. The lowest BCUT2D eigenvalue weighted by Crippen LogP contribution is -2.63. The lowest BCUT2D eigenvalue weighted by molar-refractivity contribution is -0.384. The van der Waals surface area contributed by atoms with Crippen molar-refractivity contribution in [2.45, 2.75) is 70.7 Å². The number of non-ortho nitro benzene ring substituents is 1. The Morgan fingerprint density at radius 3 is 2.20 bits per heavy atom. The van der Waals surface area contributed by atoms with Crippen molar-refractivity contribution >= 4 is 35.1 Å². The molecule has 30 heavy (non-hydrogen) atoms. The molecule has 1 aliphatic rings. The van der Waals surface area contributed by atoms with Crippen molar-refractivity contribution in [1.29, 1.82) is 0 Å². The molecule has 164 valence electrons. The van der Waals surface area contributed by atoms with Crippen LogP contribution in [-0.4, -0.2) is 43.6 Å². The van der Waals surface area contributed by atoms with Gasteiger partial charge in [-0.2, -0.15) is 0 Å². The van der Waals surface area contributed by atoms with E-state index in [1.165, 1.54) is 40.9 Å². The number of nitro groups is 1. The number of ketones is 1. The number of nitro benzene ring substituents is 1. The van der Waals surface area contributed by atoms with Gasteiger partial charge in [-0.1, -0.05) is 41.5 Å². The molecule has 1 fully saturated rings. The first-order valence-electron chi connectivity index (χ1n) is 9.64. The second kappa shape index (κ2) is 8.75. The fraction of sp³-hybridized carbons (Fsp3) is 0.571. The van der Waals surface area contributed by atoms with E-state index in [0.717, 1.165) is 0 Å². The first kappa shape index (κ1) is 23.9. The van der Waals surface area contributed by atoms with Crippen LogP contribution in [-0.2, 0) is 25.7 Å². The van der Waals surface area contributed by atoms with Gasteiger partial charge in [0.25, 0.3) is 5.69 Å². The van der Waals surface area contributed by atoms with Crippen molar-refractivity contribution in [2.24, 2.45) is 5.41 Å². The van der Waals surface area contributed by atoms with Gasteiger partial charge in [-0.3, -0.25) is 19.7 Å². The maximum Gasteiger partial charge on any atom is 0.337 e. The lowest BCUT2D eigenvalue weighted by atomic mass is 9.85. The van der Waals surface area contributed by atoms with Crippen LogP contribution in [0.25, 0.3) is 0 Å². The minimum Gasteiger partial charge on any atom is -0.459 e. The van der Waals surface area contributed by atoms with Crippen molar-refractivity contribution in [2.75, 3.05) is 0 Å². The van der Waals surface area contributed by atoms with Crippen molar-refractivity contribution in [3.05, 3.63) is 39.9 Å². The number of likely N-dealkylation sites (tertiary alicyclic amines) is 1. The van der Waals surface area contributed by atoms with Gasteiger partial charge in [-0.05, 0) is 17.7 Å². The molecule has 1 heterocycles. The molecule has 1 aromatic rings. The summed E-state index contributed by atoms with van der Waals surface area (Å²) >= 11 is 1.53. The van der Waals surface area contributed by atoms with Crippen molar-refractivity contribution < 1.29 is 24.0 Å². The zero-order valence-corrected chi connectivity index (χ0v) is 18.9. The minimum atomic E-state index is -1.32. The zero-order chi connectivity index (χ0) is 22.9. The Morgan fingerprint density at radius 1 is 1.20 bits per heavy atom. The normalized spacial score (nSPS) is 17.9. The Hall–Kier alpha value is -2.42. The fourth-order valence-electron chi connectivity index (χ4n) is 2.92. The quantitative estimate of drug-likeness (QED) is 0.211. The number of amides is 1. The van der Waals surface area contributed by atoms with Crippen LogP contribution < -0.4 is 0 Å². The summed E-state index contributed by atoms with van der Waals surface area (Å²) in [6.45, 7) is 11.0. The monoisotopic (exact) mass is 436 g/mol. The van der Waals surface area contributed by atoms with Crippen molar-refractivity contribution in [3.8, 4) is 0 Å². The van der Waals surface area contributed by atoms with Gasteiger partial charge in [0.05, 0.1) is 16.7 Å². The summed E-state index contributed by atoms with van der Waals surface area (Å²) in [5, 5.41) is 10.5. The van der Waals surface area contributed by atoms with Crippen LogP contribution in [0.15, 0.2) is 24.3 Å². The average Bonchev–Trinajstić information content (AvgIpc) is 2.61. The van der Waals surface area contributed by atoms with Crippen molar-refractivity contribution in [1.82, 2.24) is 4.90 Å². The number of carbonyl (C=O) groups is 3. The number of esters is 1. The molecule has 1 amide bonds. The maximum atomic E-state index is 13.0. The van der Waals surface area contributed by atoms with Gasteiger partial charge < -0.3 is 9.64 Å².